The van der Waals surface area contributed by atoms with E-state index in [2.05, 4.69) is 27.2 Å². The molecule has 0 fully saturated rings. The molecule has 104 valence electrons. The molecule has 2 rings (SSSR count). The largest absolute Gasteiger partial charge is 0.391 e. The smallest absolute Gasteiger partial charge is 0.185 e. The lowest BCUT2D eigenvalue weighted by Gasteiger charge is -2.13. The summed E-state index contributed by atoms with van der Waals surface area (Å²) in [5.41, 5.74) is 2.11. The normalized spacial score (nSPS) is 10.9. The Labute approximate surface area is 121 Å². The highest BCUT2D eigenvalue weighted by Crippen LogP contribution is 2.27. The standard InChI is InChI=1S/C13H19N3OS2/c1-4-5-11-12(7-17)19-13(15-11)16(3)6-10-8-18-9(2)14-10/h8,17H,4-7H2,1-3H3. The van der Waals surface area contributed by atoms with E-state index in [4.69, 9.17) is 0 Å². The summed E-state index contributed by atoms with van der Waals surface area (Å²) >= 11 is 3.24. The monoisotopic (exact) mass is 297 g/mol. The number of hydrogen-bond acceptors (Lipinski definition) is 6. The van der Waals surface area contributed by atoms with E-state index >= 15 is 0 Å². The lowest BCUT2D eigenvalue weighted by molar-refractivity contribution is 0.284. The first kappa shape index (κ1) is 14.4. The third-order valence-electron chi connectivity index (χ3n) is 2.79. The summed E-state index contributed by atoms with van der Waals surface area (Å²) in [4.78, 5) is 12.2. The molecule has 0 unspecified atom stereocenters. The Balaban J connectivity index is 2.12. The van der Waals surface area contributed by atoms with Crippen molar-refractivity contribution in [1.82, 2.24) is 9.97 Å². The number of thiazole rings is 2. The van der Waals surface area contributed by atoms with Gasteiger partial charge in [0, 0.05) is 12.4 Å². The van der Waals surface area contributed by atoms with Crippen molar-refractivity contribution in [3.63, 3.8) is 0 Å². The summed E-state index contributed by atoms with van der Waals surface area (Å²) in [6.07, 6.45) is 1.97. The van der Waals surface area contributed by atoms with Gasteiger partial charge in [0.15, 0.2) is 5.13 Å². The Hall–Kier alpha value is -0.980. The number of aryl methyl sites for hydroxylation is 2. The van der Waals surface area contributed by atoms with E-state index < -0.39 is 0 Å². The van der Waals surface area contributed by atoms with Gasteiger partial charge in [0.25, 0.3) is 0 Å². The summed E-state index contributed by atoms with van der Waals surface area (Å²) in [6, 6.07) is 0. The number of hydrogen-bond donors (Lipinski definition) is 1. The van der Waals surface area contributed by atoms with Gasteiger partial charge in [0.1, 0.15) is 0 Å². The highest BCUT2D eigenvalue weighted by Gasteiger charge is 2.13. The minimum atomic E-state index is 0.0800. The maximum Gasteiger partial charge on any atom is 0.185 e. The Morgan fingerprint density at radius 2 is 2.16 bits per heavy atom. The quantitative estimate of drug-likeness (QED) is 0.890. The van der Waals surface area contributed by atoms with Crippen LogP contribution in [-0.2, 0) is 19.6 Å². The van der Waals surface area contributed by atoms with Gasteiger partial charge in [-0.25, -0.2) is 9.97 Å². The highest BCUT2D eigenvalue weighted by atomic mass is 32.1. The molecule has 0 radical (unpaired) electrons. The fourth-order valence-electron chi connectivity index (χ4n) is 1.88. The topological polar surface area (TPSA) is 49.2 Å². The predicted molar refractivity (Wildman–Crippen MR) is 81.0 cm³/mol. The highest BCUT2D eigenvalue weighted by molar-refractivity contribution is 7.15. The fourth-order valence-corrected chi connectivity index (χ4v) is 3.41. The van der Waals surface area contributed by atoms with Crippen molar-refractivity contribution >= 4 is 27.8 Å². The summed E-state index contributed by atoms with van der Waals surface area (Å²) in [6.45, 7) is 4.98. The van der Waals surface area contributed by atoms with Crippen LogP contribution in [-0.4, -0.2) is 22.1 Å². The van der Waals surface area contributed by atoms with Crippen molar-refractivity contribution < 1.29 is 5.11 Å². The summed E-state index contributed by atoms with van der Waals surface area (Å²) in [5.74, 6) is 0. The number of aliphatic hydroxyl groups is 1. The molecular formula is C13H19N3OS2. The van der Waals surface area contributed by atoms with Gasteiger partial charge in [0.05, 0.1) is 34.4 Å². The van der Waals surface area contributed by atoms with E-state index in [1.54, 1.807) is 22.7 Å². The van der Waals surface area contributed by atoms with Crippen LogP contribution in [0.15, 0.2) is 5.38 Å². The fraction of sp³-hybridized carbons (Fsp3) is 0.538. The van der Waals surface area contributed by atoms with Crippen molar-refractivity contribution in [3.05, 3.63) is 26.7 Å². The molecule has 0 aliphatic heterocycles. The zero-order valence-electron chi connectivity index (χ0n) is 11.5. The zero-order chi connectivity index (χ0) is 13.8. The number of nitrogens with zero attached hydrogens (tertiary/aromatic N) is 3. The Morgan fingerprint density at radius 3 is 2.74 bits per heavy atom. The van der Waals surface area contributed by atoms with Gasteiger partial charge in [-0.15, -0.1) is 11.3 Å². The van der Waals surface area contributed by atoms with Crippen LogP contribution in [0.3, 0.4) is 0 Å². The van der Waals surface area contributed by atoms with Crippen LogP contribution in [0, 0.1) is 6.92 Å². The van der Waals surface area contributed by atoms with Crippen molar-refractivity contribution in [3.8, 4) is 0 Å². The van der Waals surface area contributed by atoms with Crippen LogP contribution in [0.25, 0.3) is 0 Å². The summed E-state index contributed by atoms with van der Waals surface area (Å²) in [7, 11) is 2.02. The molecular weight excluding hydrogens is 278 g/mol. The van der Waals surface area contributed by atoms with E-state index in [1.807, 2.05) is 14.0 Å². The molecule has 2 heterocycles. The van der Waals surface area contributed by atoms with Gasteiger partial charge in [-0.1, -0.05) is 24.7 Å². The molecule has 0 bridgehead atoms. The second-order valence-electron chi connectivity index (χ2n) is 4.49. The Bertz CT molecular complexity index is 536. The average Bonchev–Trinajstić information content (AvgIpc) is 2.96. The molecule has 19 heavy (non-hydrogen) atoms. The SMILES string of the molecule is CCCc1nc(N(C)Cc2csc(C)n2)sc1CO. The molecule has 4 nitrogen and oxygen atoms in total. The Kier molecular flexibility index (Phi) is 4.90. The first-order valence-electron chi connectivity index (χ1n) is 6.35. The van der Waals surface area contributed by atoms with Gasteiger partial charge in [-0.05, 0) is 13.3 Å². The van der Waals surface area contributed by atoms with E-state index in [-0.39, 0.29) is 6.61 Å². The van der Waals surface area contributed by atoms with Crippen molar-refractivity contribution in [2.24, 2.45) is 0 Å². The molecule has 2 aromatic heterocycles. The maximum atomic E-state index is 9.37. The molecule has 0 saturated heterocycles. The lowest BCUT2D eigenvalue weighted by Crippen LogP contribution is -2.16. The molecule has 0 aliphatic carbocycles. The van der Waals surface area contributed by atoms with E-state index in [1.165, 1.54) is 0 Å². The molecule has 0 spiro atoms. The van der Waals surface area contributed by atoms with Crippen LogP contribution in [0.1, 0.15) is 34.6 Å². The molecule has 2 aromatic rings. The molecule has 0 saturated carbocycles. The van der Waals surface area contributed by atoms with Gasteiger partial charge in [-0.3, -0.25) is 0 Å². The second-order valence-corrected chi connectivity index (χ2v) is 6.61. The molecule has 1 N–H and O–H groups in total. The minimum absolute atomic E-state index is 0.0800. The molecule has 0 aromatic carbocycles. The number of anilines is 1. The van der Waals surface area contributed by atoms with Gasteiger partial charge < -0.3 is 10.0 Å². The van der Waals surface area contributed by atoms with E-state index in [9.17, 15) is 5.11 Å². The first-order valence-corrected chi connectivity index (χ1v) is 8.05. The maximum absolute atomic E-state index is 9.37. The average molecular weight is 297 g/mol. The lowest BCUT2D eigenvalue weighted by atomic mass is 10.2. The molecule has 0 amide bonds. The minimum Gasteiger partial charge on any atom is -0.391 e. The summed E-state index contributed by atoms with van der Waals surface area (Å²) < 4.78 is 0. The molecule has 6 heteroatoms. The number of aliphatic hydroxyl groups excluding tert-OH is 1. The van der Waals surface area contributed by atoms with Crippen molar-refractivity contribution in [1.29, 1.82) is 0 Å². The van der Waals surface area contributed by atoms with E-state index in [0.29, 0.717) is 0 Å². The first-order chi connectivity index (χ1) is 9.13. The third-order valence-corrected chi connectivity index (χ3v) is 4.81. The third kappa shape index (κ3) is 3.52. The number of aromatic nitrogens is 2. The van der Waals surface area contributed by atoms with Crippen LogP contribution in [0.4, 0.5) is 5.13 Å². The van der Waals surface area contributed by atoms with Crippen LogP contribution < -0.4 is 4.90 Å². The number of rotatable bonds is 6. The second kappa shape index (κ2) is 6.45. The van der Waals surface area contributed by atoms with Gasteiger partial charge in [0.2, 0.25) is 0 Å². The predicted octanol–water partition coefficient (Wildman–Crippen LogP) is 2.99. The van der Waals surface area contributed by atoms with Crippen LogP contribution in [0.5, 0.6) is 0 Å². The van der Waals surface area contributed by atoms with Crippen LogP contribution >= 0.6 is 22.7 Å². The molecule has 0 atom stereocenters. The van der Waals surface area contributed by atoms with Gasteiger partial charge >= 0.3 is 0 Å². The molecule has 0 aliphatic rings. The zero-order valence-corrected chi connectivity index (χ0v) is 13.1. The Morgan fingerprint density at radius 1 is 1.37 bits per heavy atom. The van der Waals surface area contributed by atoms with Crippen LogP contribution in [0.2, 0.25) is 0 Å². The van der Waals surface area contributed by atoms with Gasteiger partial charge in [-0.2, -0.15) is 0 Å². The van der Waals surface area contributed by atoms with Crippen molar-refractivity contribution in [2.45, 2.75) is 39.8 Å². The van der Waals surface area contributed by atoms with Crippen molar-refractivity contribution in [2.75, 3.05) is 11.9 Å². The summed E-state index contributed by atoms with van der Waals surface area (Å²) in [5, 5.41) is 13.5. The van der Waals surface area contributed by atoms with E-state index in [0.717, 1.165) is 45.8 Å².